The number of imidazole rings is 1. The van der Waals surface area contributed by atoms with E-state index in [9.17, 15) is 13.2 Å². The van der Waals surface area contributed by atoms with E-state index < -0.39 is 15.9 Å². The summed E-state index contributed by atoms with van der Waals surface area (Å²) in [5, 5.41) is 0.408. The van der Waals surface area contributed by atoms with Crippen LogP contribution in [0, 0.1) is 0 Å². The predicted octanol–water partition coefficient (Wildman–Crippen LogP) is 1.35. The van der Waals surface area contributed by atoms with E-state index in [1.807, 2.05) is 0 Å². The lowest BCUT2D eigenvalue weighted by molar-refractivity contribution is -0.111. The number of anilines is 1. The summed E-state index contributed by atoms with van der Waals surface area (Å²) in [6.07, 6.45) is 5.81. The Labute approximate surface area is 142 Å². The summed E-state index contributed by atoms with van der Waals surface area (Å²) in [6.45, 7) is 1.44. The average Bonchev–Trinajstić information content (AvgIpc) is 2.93. The number of hydrogen-bond donors (Lipinski definition) is 1. The van der Waals surface area contributed by atoms with E-state index in [0.29, 0.717) is 27.6 Å². The lowest BCUT2D eigenvalue weighted by Gasteiger charge is -2.08. The van der Waals surface area contributed by atoms with Crippen LogP contribution < -0.4 is 5.73 Å². The summed E-state index contributed by atoms with van der Waals surface area (Å²) in [6, 6.07) is 1.57. The van der Waals surface area contributed by atoms with Gasteiger partial charge in [0.25, 0.3) is 15.9 Å². The highest BCUT2D eigenvalue weighted by molar-refractivity contribution is 7.90. The van der Waals surface area contributed by atoms with Gasteiger partial charge in [0.05, 0.1) is 28.4 Å². The van der Waals surface area contributed by atoms with Gasteiger partial charge in [-0.3, -0.25) is 9.20 Å². The molecule has 1 amide bonds. The van der Waals surface area contributed by atoms with Crippen molar-refractivity contribution in [1.82, 2.24) is 9.38 Å². The number of aromatic nitrogens is 2. The highest BCUT2D eigenvalue weighted by Crippen LogP contribution is 2.24. The molecule has 3 heterocycles. The summed E-state index contributed by atoms with van der Waals surface area (Å²) >= 11 is 6.01. The number of rotatable bonds is 3. The van der Waals surface area contributed by atoms with Gasteiger partial charge in [0.1, 0.15) is 5.71 Å². The van der Waals surface area contributed by atoms with Crippen molar-refractivity contribution in [3.8, 4) is 0 Å². The Morgan fingerprint density at radius 3 is 2.88 bits per heavy atom. The summed E-state index contributed by atoms with van der Waals surface area (Å²) in [4.78, 5) is 19.7. The molecule has 0 saturated carbocycles. The van der Waals surface area contributed by atoms with Crippen molar-refractivity contribution in [3.63, 3.8) is 0 Å². The van der Waals surface area contributed by atoms with E-state index in [2.05, 4.69) is 14.4 Å². The number of carbonyl (C=O) groups is 1. The molecule has 0 fully saturated rings. The molecule has 1 aliphatic heterocycles. The largest absolute Gasteiger partial charge is 0.396 e. The molecule has 3 rings (SSSR count). The maximum Gasteiger partial charge on any atom is 0.296 e. The molecule has 0 aliphatic carbocycles. The minimum Gasteiger partial charge on any atom is -0.396 e. The molecule has 8 nitrogen and oxygen atoms in total. The van der Waals surface area contributed by atoms with Crippen LogP contribution in [0.15, 0.2) is 33.9 Å². The van der Waals surface area contributed by atoms with Crippen LogP contribution in [0.5, 0.6) is 0 Å². The first-order valence-electron chi connectivity index (χ1n) is 6.86. The monoisotopic (exact) mass is 365 g/mol. The first-order valence-corrected chi connectivity index (χ1v) is 8.84. The van der Waals surface area contributed by atoms with Gasteiger partial charge in [0.2, 0.25) is 0 Å². The summed E-state index contributed by atoms with van der Waals surface area (Å²) in [5.41, 5.74) is 7.52. The number of hydrogen-bond acceptors (Lipinski definition) is 5. The van der Waals surface area contributed by atoms with Crippen molar-refractivity contribution in [2.45, 2.75) is 6.92 Å². The number of halogens is 1. The molecule has 0 radical (unpaired) electrons. The van der Waals surface area contributed by atoms with E-state index in [4.69, 9.17) is 17.3 Å². The molecular weight excluding hydrogens is 354 g/mol. The van der Waals surface area contributed by atoms with Crippen LogP contribution in [0.4, 0.5) is 5.69 Å². The number of pyridine rings is 1. The molecule has 24 heavy (non-hydrogen) atoms. The second-order valence-corrected chi connectivity index (χ2v) is 7.32. The van der Waals surface area contributed by atoms with Gasteiger partial charge in [-0.2, -0.15) is 4.40 Å². The van der Waals surface area contributed by atoms with Crippen molar-refractivity contribution in [1.29, 1.82) is 0 Å². The highest BCUT2D eigenvalue weighted by atomic mass is 35.5. The van der Waals surface area contributed by atoms with Crippen LogP contribution in [-0.4, -0.2) is 41.4 Å². The number of nitrogens with zero attached hydrogens (tertiary/aromatic N) is 4. The van der Waals surface area contributed by atoms with E-state index in [1.165, 1.54) is 25.4 Å². The second-order valence-electron chi connectivity index (χ2n) is 4.96. The van der Waals surface area contributed by atoms with E-state index >= 15 is 0 Å². The molecule has 10 heteroatoms. The third-order valence-corrected chi connectivity index (χ3v) is 4.74. The Hall–Kier alpha value is -2.52. The lowest BCUT2D eigenvalue weighted by atomic mass is 10.1. The van der Waals surface area contributed by atoms with Crippen molar-refractivity contribution in [2.24, 2.45) is 9.39 Å². The number of nitrogens with two attached hydrogens (primary N) is 1. The molecule has 0 bridgehead atoms. The standard InChI is InChI=1S/C14H12ClN5O3S/c1-2-24(22,23)19-11-3-8(5-18-14(11)21)12-6-17-13-10(16)4-9(15)7-20(12)13/h3-7H,2,16H2,1H3/b19-11-. The van der Waals surface area contributed by atoms with Gasteiger partial charge in [0.15, 0.2) is 5.65 Å². The number of sulfonamides is 1. The minimum absolute atomic E-state index is 0.210. The Morgan fingerprint density at radius 1 is 1.42 bits per heavy atom. The van der Waals surface area contributed by atoms with Crippen LogP contribution in [0.25, 0.3) is 11.2 Å². The summed E-state index contributed by atoms with van der Waals surface area (Å²) in [5.74, 6) is -0.930. The Balaban J connectivity index is 2.16. The van der Waals surface area contributed by atoms with Crippen LogP contribution in [0.2, 0.25) is 5.02 Å². The number of carbonyl (C=O) groups excluding carboxylic acids is 1. The first-order chi connectivity index (χ1) is 11.3. The van der Waals surface area contributed by atoms with Gasteiger partial charge >= 0.3 is 0 Å². The topological polar surface area (TPSA) is 119 Å². The molecule has 0 unspecified atom stereocenters. The fourth-order valence-corrected chi connectivity index (χ4v) is 2.93. The van der Waals surface area contributed by atoms with Crippen LogP contribution in [-0.2, 0) is 14.8 Å². The average molecular weight is 366 g/mol. The normalized spacial score (nSPS) is 16.8. The first kappa shape index (κ1) is 16.3. The number of aliphatic imine (C=N–C) groups is 1. The Kier molecular flexibility index (Phi) is 3.98. The predicted molar refractivity (Wildman–Crippen MR) is 93.0 cm³/mol. The van der Waals surface area contributed by atoms with Gasteiger partial charge in [-0.05, 0) is 19.1 Å². The molecule has 124 valence electrons. The van der Waals surface area contributed by atoms with Crippen molar-refractivity contribution in [3.05, 3.63) is 35.3 Å². The maximum atomic E-state index is 11.8. The molecule has 0 aromatic carbocycles. The summed E-state index contributed by atoms with van der Waals surface area (Å²) in [7, 11) is -3.72. The van der Waals surface area contributed by atoms with Crippen molar-refractivity contribution >= 4 is 56.4 Å². The van der Waals surface area contributed by atoms with Crippen molar-refractivity contribution in [2.75, 3.05) is 11.5 Å². The van der Waals surface area contributed by atoms with E-state index in [1.54, 1.807) is 16.7 Å². The molecule has 0 spiro atoms. The zero-order valence-electron chi connectivity index (χ0n) is 12.5. The van der Waals surface area contributed by atoms with Crippen molar-refractivity contribution < 1.29 is 13.2 Å². The third-order valence-electron chi connectivity index (χ3n) is 3.33. The summed E-state index contributed by atoms with van der Waals surface area (Å²) < 4.78 is 28.4. The molecule has 0 atom stereocenters. The maximum absolute atomic E-state index is 11.8. The number of amides is 1. The zero-order chi connectivity index (χ0) is 17.5. The molecule has 1 aliphatic rings. The van der Waals surface area contributed by atoms with Crippen LogP contribution >= 0.6 is 11.6 Å². The second kappa shape index (κ2) is 5.84. The van der Waals surface area contributed by atoms with Gasteiger partial charge in [0, 0.05) is 18.0 Å². The smallest absolute Gasteiger partial charge is 0.296 e. The third kappa shape index (κ3) is 2.95. The number of nitrogen functional groups attached to an aromatic ring is 1. The SMILES string of the molecule is CCS(=O)(=O)/N=C1/C=C(c2cnc3c(N)cc(Cl)cn23)C=NC1=O. The number of dihydropyridines is 1. The Bertz CT molecular complexity index is 1050. The molecule has 0 saturated heterocycles. The van der Waals surface area contributed by atoms with Gasteiger partial charge in [-0.25, -0.2) is 18.4 Å². The minimum atomic E-state index is -3.72. The van der Waals surface area contributed by atoms with Gasteiger partial charge in [-0.1, -0.05) is 11.6 Å². The zero-order valence-corrected chi connectivity index (χ0v) is 14.0. The molecule has 2 N–H and O–H groups in total. The van der Waals surface area contributed by atoms with E-state index in [-0.39, 0.29) is 11.5 Å². The lowest BCUT2D eigenvalue weighted by Crippen LogP contribution is -2.17. The van der Waals surface area contributed by atoms with Crippen LogP contribution in [0.1, 0.15) is 12.6 Å². The molecule has 2 aromatic heterocycles. The number of fused-ring (bicyclic) bond motifs is 1. The quantitative estimate of drug-likeness (QED) is 0.880. The van der Waals surface area contributed by atoms with E-state index in [0.717, 1.165) is 0 Å². The van der Waals surface area contributed by atoms with Gasteiger partial charge in [-0.15, -0.1) is 0 Å². The fourth-order valence-electron chi connectivity index (χ4n) is 2.15. The fraction of sp³-hybridized carbons (Fsp3) is 0.143. The van der Waals surface area contributed by atoms with Gasteiger partial charge < -0.3 is 5.73 Å². The number of allylic oxidation sites excluding steroid dienone is 1. The molecular formula is C14H12ClN5O3S. The Morgan fingerprint density at radius 2 is 2.17 bits per heavy atom. The van der Waals surface area contributed by atoms with Crippen LogP contribution in [0.3, 0.4) is 0 Å². The highest BCUT2D eigenvalue weighted by Gasteiger charge is 2.20. The molecule has 2 aromatic rings.